The van der Waals surface area contributed by atoms with E-state index < -0.39 is 11.6 Å². The molecule has 0 aromatic carbocycles. The second-order valence-electron chi connectivity index (χ2n) is 3.50. The molecule has 0 fully saturated rings. The third-order valence-electron chi connectivity index (χ3n) is 2.43. The smallest absolute Gasteiger partial charge is 0.335 e. The lowest BCUT2D eigenvalue weighted by Crippen LogP contribution is -2.37. The van der Waals surface area contributed by atoms with Crippen molar-refractivity contribution < 1.29 is 15.0 Å². The summed E-state index contributed by atoms with van der Waals surface area (Å²) in [5.41, 5.74) is -1.49. The first-order valence-electron chi connectivity index (χ1n) is 5.02. The van der Waals surface area contributed by atoms with Crippen LogP contribution in [0, 0.1) is 0 Å². The fraction of sp³-hybridized carbons (Fsp3) is 0.900. The maximum absolute atomic E-state index is 10.7. The Morgan fingerprint density at radius 2 is 1.85 bits per heavy atom. The zero-order chi connectivity index (χ0) is 10.3. The van der Waals surface area contributed by atoms with Gasteiger partial charge in [-0.1, -0.05) is 33.1 Å². The molecule has 0 spiro atoms. The van der Waals surface area contributed by atoms with E-state index in [0.717, 1.165) is 25.7 Å². The molecule has 0 amide bonds. The summed E-state index contributed by atoms with van der Waals surface area (Å²) < 4.78 is 0. The Bertz CT molecular complexity index is 156. The highest BCUT2D eigenvalue weighted by atomic mass is 16.4. The second kappa shape index (κ2) is 5.97. The number of aliphatic carboxylic acids is 1. The fourth-order valence-electron chi connectivity index (χ4n) is 1.28. The third-order valence-corrected chi connectivity index (χ3v) is 2.43. The summed E-state index contributed by atoms with van der Waals surface area (Å²) in [6.07, 6.45) is 4.70. The van der Waals surface area contributed by atoms with Gasteiger partial charge in [-0.05, 0) is 19.3 Å². The highest BCUT2D eigenvalue weighted by molar-refractivity contribution is 5.76. The van der Waals surface area contributed by atoms with Crippen LogP contribution in [0.15, 0.2) is 0 Å². The van der Waals surface area contributed by atoms with Crippen LogP contribution in [-0.4, -0.2) is 21.8 Å². The standard InChI is InChI=1S/C10H20O3/c1-3-5-6-7-8-10(13,4-2)9(11)12/h13H,3-8H2,1-2H3,(H,11,12)/t10-/m0/s1. The fourth-order valence-corrected chi connectivity index (χ4v) is 1.28. The highest BCUT2D eigenvalue weighted by Gasteiger charge is 2.32. The van der Waals surface area contributed by atoms with Gasteiger partial charge in [0, 0.05) is 0 Å². The number of carboxylic acids is 1. The van der Waals surface area contributed by atoms with E-state index in [0.29, 0.717) is 6.42 Å². The highest BCUT2D eigenvalue weighted by Crippen LogP contribution is 2.19. The number of hydrogen-bond donors (Lipinski definition) is 2. The minimum Gasteiger partial charge on any atom is -0.479 e. The predicted octanol–water partition coefficient (Wildman–Crippen LogP) is 2.18. The summed E-state index contributed by atoms with van der Waals surface area (Å²) in [5.74, 6) is -1.09. The van der Waals surface area contributed by atoms with E-state index in [4.69, 9.17) is 5.11 Å². The van der Waals surface area contributed by atoms with Gasteiger partial charge in [-0.15, -0.1) is 0 Å². The van der Waals surface area contributed by atoms with Crippen LogP contribution in [-0.2, 0) is 4.79 Å². The molecular formula is C10H20O3. The monoisotopic (exact) mass is 188 g/mol. The first kappa shape index (κ1) is 12.4. The van der Waals surface area contributed by atoms with Crippen LogP contribution in [0.3, 0.4) is 0 Å². The van der Waals surface area contributed by atoms with Gasteiger partial charge in [0.05, 0.1) is 0 Å². The lowest BCUT2D eigenvalue weighted by atomic mass is 9.93. The SMILES string of the molecule is CCCCCC[C@@](O)(CC)C(=O)O. The minimum atomic E-state index is -1.49. The Morgan fingerprint density at radius 3 is 2.23 bits per heavy atom. The summed E-state index contributed by atoms with van der Waals surface area (Å²) >= 11 is 0. The minimum absolute atomic E-state index is 0.286. The van der Waals surface area contributed by atoms with E-state index in [1.807, 2.05) is 0 Å². The van der Waals surface area contributed by atoms with Crippen molar-refractivity contribution >= 4 is 5.97 Å². The average molecular weight is 188 g/mol. The van der Waals surface area contributed by atoms with E-state index in [2.05, 4.69) is 6.92 Å². The topological polar surface area (TPSA) is 57.5 Å². The maximum atomic E-state index is 10.7. The van der Waals surface area contributed by atoms with Gasteiger partial charge in [-0.2, -0.15) is 0 Å². The molecule has 0 aliphatic heterocycles. The largest absolute Gasteiger partial charge is 0.479 e. The van der Waals surface area contributed by atoms with E-state index in [1.54, 1.807) is 6.92 Å². The molecule has 0 aliphatic rings. The molecule has 3 nitrogen and oxygen atoms in total. The molecule has 0 aromatic heterocycles. The number of carboxylic acid groups (broad SMARTS) is 1. The van der Waals surface area contributed by atoms with Crippen LogP contribution in [0.25, 0.3) is 0 Å². The Hall–Kier alpha value is -0.570. The summed E-state index contributed by atoms with van der Waals surface area (Å²) in [6, 6.07) is 0. The van der Waals surface area contributed by atoms with E-state index in [9.17, 15) is 9.90 Å². The number of carbonyl (C=O) groups is 1. The lowest BCUT2D eigenvalue weighted by Gasteiger charge is -2.21. The molecule has 0 rings (SSSR count). The molecule has 0 bridgehead atoms. The van der Waals surface area contributed by atoms with Gasteiger partial charge in [0.15, 0.2) is 5.60 Å². The third kappa shape index (κ3) is 4.27. The van der Waals surface area contributed by atoms with E-state index in [1.165, 1.54) is 0 Å². The zero-order valence-corrected chi connectivity index (χ0v) is 8.55. The van der Waals surface area contributed by atoms with Crippen molar-refractivity contribution in [3.63, 3.8) is 0 Å². The van der Waals surface area contributed by atoms with Crippen molar-refractivity contribution in [3.05, 3.63) is 0 Å². The van der Waals surface area contributed by atoms with Crippen molar-refractivity contribution in [2.45, 2.75) is 58.0 Å². The number of aliphatic hydroxyl groups is 1. The molecule has 0 unspecified atom stereocenters. The van der Waals surface area contributed by atoms with Crippen LogP contribution >= 0.6 is 0 Å². The molecule has 0 aromatic rings. The van der Waals surface area contributed by atoms with Gasteiger partial charge in [0.25, 0.3) is 0 Å². The zero-order valence-electron chi connectivity index (χ0n) is 8.55. The van der Waals surface area contributed by atoms with Crippen LogP contribution in [0.4, 0.5) is 0 Å². The summed E-state index contributed by atoms with van der Waals surface area (Å²) in [5, 5.41) is 18.3. The van der Waals surface area contributed by atoms with Crippen molar-refractivity contribution in [1.29, 1.82) is 0 Å². The van der Waals surface area contributed by atoms with Gasteiger partial charge in [-0.3, -0.25) is 0 Å². The molecule has 0 saturated carbocycles. The van der Waals surface area contributed by atoms with Crippen molar-refractivity contribution in [3.8, 4) is 0 Å². The van der Waals surface area contributed by atoms with E-state index in [-0.39, 0.29) is 6.42 Å². The Balaban J connectivity index is 3.78. The Kier molecular flexibility index (Phi) is 5.71. The molecule has 78 valence electrons. The Morgan fingerprint density at radius 1 is 1.23 bits per heavy atom. The molecule has 0 radical (unpaired) electrons. The van der Waals surface area contributed by atoms with Crippen LogP contribution < -0.4 is 0 Å². The second-order valence-corrected chi connectivity index (χ2v) is 3.50. The molecular weight excluding hydrogens is 168 g/mol. The van der Waals surface area contributed by atoms with Gasteiger partial charge < -0.3 is 10.2 Å². The van der Waals surface area contributed by atoms with Gasteiger partial charge in [0.1, 0.15) is 0 Å². The molecule has 1 atom stereocenters. The van der Waals surface area contributed by atoms with Gasteiger partial charge in [0.2, 0.25) is 0 Å². The first-order chi connectivity index (χ1) is 6.06. The Labute approximate surface area is 79.8 Å². The quantitative estimate of drug-likeness (QED) is 0.602. The normalized spacial score (nSPS) is 15.3. The summed E-state index contributed by atoms with van der Waals surface area (Å²) in [6.45, 7) is 3.80. The van der Waals surface area contributed by atoms with E-state index >= 15 is 0 Å². The molecule has 0 aliphatic carbocycles. The maximum Gasteiger partial charge on any atom is 0.335 e. The van der Waals surface area contributed by atoms with Crippen LogP contribution in [0.2, 0.25) is 0 Å². The average Bonchev–Trinajstić information content (AvgIpc) is 2.12. The predicted molar refractivity (Wildman–Crippen MR) is 51.6 cm³/mol. The van der Waals surface area contributed by atoms with Crippen molar-refractivity contribution in [1.82, 2.24) is 0 Å². The van der Waals surface area contributed by atoms with Crippen molar-refractivity contribution in [2.24, 2.45) is 0 Å². The summed E-state index contributed by atoms with van der Waals surface area (Å²) in [7, 11) is 0. The van der Waals surface area contributed by atoms with Gasteiger partial charge in [-0.25, -0.2) is 4.79 Å². The molecule has 2 N–H and O–H groups in total. The molecule has 13 heavy (non-hydrogen) atoms. The number of rotatable bonds is 7. The molecule has 3 heteroatoms. The van der Waals surface area contributed by atoms with Crippen molar-refractivity contribution in [2.75, 3.05) is 0 Å². The molecule has 0 saturated heterocycles. The first-order valence-corrected chi connectivity index (χ1v) is 5.02. The van der Waals surface area contributed by atoms with Gasteiger partial charge >= 0.3 is 5.97 Å². The lowest BCUT2D eigenvalue weighted by molar-refractivity contribution is -0.159. The number of hydrogen-bond acceptors (Lipinski definition) is 2. The van der Waals surface area contributed by atoms with Crippen LogP contribution in [0.5, 0.6) is 0 Å². The van der Waals surface area contributed by atoms with Crippen LogP contribution in [0.1, 0.15) is 52.4 Å². The molecule has 0 heterocycles. The summed E-state index contributed by atoms with van der Waals surface area (Å²) in [4.78, 5) is 10.7. The number of unbranched alkanes of at least 4 members (excludes halogenated alkanes) is 3.